The van der Waals surface area contributed by atoms with Gasteiger partial charge in [0.1, 0.15) is 5.82 Å². The van der Waals surface area contributed by atoms with Crippen LogP contribution in [0.1, 0.15) is 36.1 Å². The average molecular weight is 306 g/mol. The highest BCUT2D eigenvalue weighted by Crippen LogP contribution is 2.26. The van der Waals surface area contributed by atoms with Crippen LogP contribution in [-0.2, 0) is 6.42 Å². The van der Waals surface area contributed by atoms with Crippen LogP contribution in [0.15, 0.2) is 42.5 Å². The number of hydrogen-bond acceptors (Lipinski definition) is 1. The first-order chi connectivity index (χ1) is 10.1. The molecule has 1 N–H and O–H groups in total. The number of benzene rings is 2. The number of aryl methyl sites for hydroxylation is 1. The zero-order chi connectivity index (χ0) is 15.2. The molecule has 0 aliphatic heterocycles. The Morgan fingerprint density at radius 3 is 2.67 bits per heavy atom. The molecule has 3 heteroatoms. The smallest absolute Gasteiger partial charge is 0.146 e. The lowest BCUT2D eigenvalue weighted by molar-refractivity contribution is 0.497. The van der Waals surface area contributed by atoms with E-state index in [1.807, 2.05) is 12.1 Å². The molecular weight excluding hydrogens is 285 g/mol. The average Bonchev–Trinajstić information content (AvgIpc) is 2.47. The Morgan fingerprint density at radius 1 is 1.19 bits per heavy atom. The summed E-state index contributed by atoms with van der Waals surface area (Å²) in [5.74, 6) is -0.319. The van der Waals surface area contributed by atoms with Gasteiger partial charge in [0, 0.05) is 11.6 Å². The number of nitrogens with one attached hydrogen (secondary N) is 1. The minimum absolute atomic E-state index is 0.0644. The van der Waals surface area contributed by atoms with E-state index in [-0.39, 0.29) is 16.9 Å². The van der Waals surface area contributed by atoms with Crippen LogP contribution in [0.2, 0.25) is 5.02 Å². The maximum absolute atomic E-state index is 14.3. The van der Waals surface area contributed by atoms with Crippen molar-refractivity contribution >= 4 is 11.6 Å². The highest BCUT2D eigenvalue weighted by Gasteiger charge is 2.17. The van der Waals surface area contributed by atoms with Crippen molar-refractivity contribution < 1.29 is 4.39 Å². The van der Waals surface area contributed by atoms with Crippen molar-refractivity contribution in [2.75, 3.05) is 6.54 Å². The van der Waals surface area contributed by atoms with E-state index in [9.17, 15) is 4.39 Å². The van der Waals surface area contributed by atoms with Gasteiger partial charge in [-0.3, -0.25) is 0 Å². The van der Waals surface area contributed by atoms with Gasteiger partial charge in [-0.2, -0.15) is 0 Å². The molecule has 1 unspecified atom stereocenters. The molecule has 112 valence electrons. The van der Waals surface area contributed by atoms with Crippen LogP contribution in [0.5, 0.6) is 0 Å². The van der Waals surface area contributed by atoms with Crippen molar-refractivity contribution in [1.82, 2.24) is 5.32 Å². The Bertz CT molecular complexity index is 598. The molecule has 0 fully saturated rings. The fourth-order valence-corrected chi connectivity index (χ4v) is 2.66. The van der Waals surface area contributed by atoms with Gasteiger partial charge in [0.25, 0.3) is 0 Å². The molecule has 0 aromatic heterocycles. The van der Waals surface area contributed by atoms with Crippen LogP contribution in [0.25, 0.3) is 0 Å². The Morgan fingerprint density at radius 2 is 1.95 bits per heavy atom. The molecule has 2 rings (SSSR count). The van der Waals surface area contributed by atoms with E-state index in [2.05, 4.69) is 37.4 Å². The minimum atomic E-state index is -0.319. The Balaban J connectivity index is 2.27. The molecule has 0 aliphatic carbocycles. The van der Waals surface area contributed by atoms with E-state index in [0.717, 1.165) is 19.4 Å². The van der Waals surface area contributed by atoms with Crippen molar-refractivity contribution in [3.8, 4) is 0 Å². The summed E-state index contributed by atoms with van der Waals surface area (Å²) in [7, 11) is 0. The van der Waals surface area contributed by atoms with Gasteiger partial charge < -0.3 is 5.32 Å². The molecule has 2 aromatic rings. The second-order valence-electron chi connectivity index (χ2n) is 5.34. The predicted octanol–water partition coefficient (Wildman–Crippen LogP) is 5.07. The monoisotopic (exact) mass is 305 g/mol. The zero-order valence-corrected chi connectivity index (χ0v) is 13.3. The summed E-state index contributed by atoms with van der Waals surface area (Å²) >= 11 is 5.92. The third kappa shape index (κ3) is 4.29. The lowest BCUT2D eigenvalue weighted by Crippen LogP contribution is -2.25. The molecule has 2 aromatic carbocycles. The summed E-state index contributed by atoms with van der Waals surface area (Å²) in [6.45, 7) is 5.02. The van der Waals surface area contributed by atoms with Crippen LogP contribution in [-0.4, -0.2) is 6.54 Å². The lowest BCUT2D eigenvalue weighted by atomic mass is 9.97. The van der Waals surface area contributed by atoms with E-state index >= 15 is 0 Å². The van der Waals surface area contributed by atoms with Gasteiger partial charge in [-0.15, -0.1) is 0 Å². The number of halogens is 2. The summed E-state index contributed by atoms with van der Waals surface area (Å²) in [5, 5.41) is 3.60. The largest absolute Gasteiger partial charge is 0.310 e. The first-order valence-electron chi connectivity index (χ1n) is 7.34. The quantitative estimate of drug-likeness (QED) is 0.785. The maximum atomic E-state index is 14.3. The van der Waals surface area contributed by atoms with Crippen molar-refractivity contribution in [2.45, 2.75) is 32.7 Å². The van der Waals surface area contributed by atoms with Crippen LogP contribution < -0.4 is 5.32 Å². The molecule has 0 amide bonds. The molecule has 1 nitrogen and oxygen atoms in total. The van der Waals surface area contributed by atoms with E-state index in [1.54, 1.807) is 12.1 Å². The Kier molecular flexibility index (Phi) is 5.77. The van der Waals surface area contributed by atoms with Crippen LogP contribution >= 0.6 is 11.6 Å². The topological polar surface area (TPSA) is 12.0 Å². The fraction of sp³-hybridized carbons (Fsp3) is 0.333. The third-order valence-corrected chi connectivity index (χ3v) is 3.81. The van der Waals surface area contributed by atoms with Crippen LogP contribution in [0.3, 0.4) is 0 Å². The van der Waals surface area contributed by atoms with Gasteiger partial charge >= 0.3 is 0 Å². The second kappa shape index (κ2) is 7.58. The van der Waals surface area contributed by atoms with Gasteiger partial charge in [-0.25, -0.2) is 4.39 Å². The molecular formula is C18H21ClFN. The van der Waals surface area contributed by atoms with Crippen molar-refractivity contribution in [1.29, 1.82) is 0 Å². The second-order valence-corrected chi connectivity index (χ2v) is 5.75. The molecule has 0 saturated heterocycles. The Labute approximate surface area is 131 Å². The Hall–Kier alpha value is -1.38. The first kappa shape index (κ1) is 16.0. The SMILES string of the molecule is CCCNC(Cc1cccc(C)c1)c1cccc(Cl)c1F. The van der Waals surface area contributed by atoms with Gasteiger partial charge in [-0.05, 0) is 37.9 Å². The molecule has 0 aliphatic rings. The molecule has 21 heavy (non-hydrogen) atoms. The van der Waals surface area contributed by atoms with Gasteiger partial charge in [-0.1, -0.05) is 60.5 Å². The summed E-state index contributed by atoms with van der Waals surface area (Å²) in [6.07, 6.45) is 1.76. The zero-order valence-electron chi connectivity index (χ0n) is 12.5. The van der Waals surface area contributed by atoms with Crippen molar-refractivity contribution in [2.24, 2.45) is 0 Å². The van der Waals surface area contributed by atoms with Crippen LogP contribution in [0, 0.1) is 12.7 Å². The van der Waals surface area contributed by atoms with E-state index in [1.165, 1.54) is 11.1 Å². The summed E-state index contributed by atoms with van der Waals surface area (Å²) in [5.41, 5.74) is 3.05. The third-order valence-electron chi connectivity index (χ3n) is 3.52. The summed E-state index contributed by atoms with van der Waals surface area (Å²) in [4.78, 5) is 0. The van der Waals surface area contributed by atoms with E-state index < -0.39 is 0 Å². The standard InChI is InChI=1S/C18H21ClFN/c1-3-10-21-17(12-14-7-4-6-13(2)11-14)15-8-5-9-16(19)18(15)20/h4-9,11,17,21H,3,10,12H2,1-2H3. The van der Waals surface area contributed by atoms with Crippen LogP contribution in [0.4, 0.5) is 4.39 Å². The fourth-order valence-electron chi connectivity index (χ4n) is 2.48. The molecule has 0 saturated carbocycles. The highest BCUT2D eigenvalue weighted by atomic mass is 35.5. The summed E-state index contributed by atoms with van der Waals surface area (Å²) < 4.78 is 14.3. The first-order valence-corrected chi connectivity index (χ1v) is 7.72. The van der Waals surface area contributed by atoms with Gasteiger partial charge in [0.2, 0.25) is 0 Å². The highest BCUT2D eigenvalue weighted by molar-refractivity contribution is 6.30. The van der Waals surface area contributed by atoms with Crippen molar-refractivity contribution in [3.63, 3.8) is 0 Å². The number of hydrogen-bond donors (Lipinski definition) is 1. The summed E-state index contributed by atoms with van der Waals surface area (Å²) in [6, 6.07) is 13.5. The predicted molar refractivity (Wildman–Crippen MR) is 87.3 cm³/mol. The molecule has 0 radical (unpaired) electrons. The van der Waals surface area contributed by atoms with Gasteiger partial charge in [0.05, 0.1) is 5.02 Å². The maximum Gasteiger partial charge on any atom is 0.146 e. The molecule has 0 bridgehead atoms. The van der Waals surface area contributed by atoms with E-state index in [0.29, 0.717) is 5.56 Å². The number of rotatable bonds is 6. The van der Waals surface area contributed by atoms with E-state index in [4.69, 9.17) is 11.6 Å². The normalized spacial score (nSPS) is 12.4. The van der Waals surface area contributed by atoms with Crippen molar-refractivity contribution in [3.05, 3.63) is 70.0 Å². The molecule has 1 atom stereocenters. The van der Waals surface area contributed by atoms with Gasteiger partial charge in [0.15, 0.2) is 0 Å². The molecule has 0 spiro atoms. The minimum Gasteiger partial charge on any atom is -0.310 e. The lowest BCUT2D eigenvalue weighted by Gasteiger charge is -2.20. The molecule has 0 heterocycles.